The monoisotopic (exact) mass is 308 g/mol. The number of benzene rings is 1. The van der Waals surface area contributed by atoms with E-state index in [2.05, 4.69) is 9.97 Å². The van der Waals surface area contributed by atoms with Crippen LogP contribution in [0.5, 0.6) is 0 Å². The van der Waals surface area contributed by atoms with Gasteiger partial charge in [0.2, 0.25) is 0 Å². The first-order chi connectivity index (χ1) is 11.1. The lowest BCUT2D eigenvalue weighted by atomic mass is 10.1. The van der Waals surface area contributed by atoms with Crippen molar-refractivity contribution in [3.05, 3.63) is 48.4 Å². The highest BCUT2D eigenvalue weighted by Crippen LogP contribution is 2.29. The lowest BCUT2D eigenvalue weighted by molar-refractivity contribution is 0.112. The molecule has 23 heavy (non-hydrogen) atoms. The number of anilines is 2. The maximum atomic E-state index is 11.1. The van der Waals surface area contributed by atoms with Crippen LogP contribution in [0.4, 0.5) is 11.5 Å². The van der Waals surface area contributed by atoms with Gasteiger partial charge in [-0.15, -0.1) is 0 Å². The van der Waals surface area contributed by atoms with Crippen molar-refractivity contribution in [2.75, 3.05) is 24.7 Å². The molecular formula is C17H16N4O2. The topological polar surface area (TPSA) is 85.2 Å². The summed E-state index contributed by atoms with van der Waals surface area (Å²) < 4.78 is 5.35. The van der Waals surface area contributed by atoms with Crippen LogP contribution in [0.2, 0.25) is 0 Å². The Kier molecular flexibility index (Phi) is 3.80. The van der Waals surface area contributed by atoms with Gasteiger partial charge in [-0.3, -0.25) is 4.79 Å². The molecule has 0 aliphatic rings. The van der Waals surface area contributed by atoms with Crippen molar-refractivity contribution in [3.8, 4) is 22.7 Å². The fourth-order valence-electron chi connectivity index (χ4n) is 2.27. The first-order valence-electron chi connectivity index (χ1n) is 7.03. The van der Waals surface area contributed by atoms with Crippen molar-refractivity contribution >= 4 is 17.8 Å². The van der Waals surface area contributed by atoms with Gasteiger partial charge in [0.15, 0.2) is 12.0 Å². The Labute approximate surface area is 133 Å². The molecule has 6 nitrogen and oxygen atoms in total. The van der Waals surface area contributed by atoms with Crippen LogP contribution in [0, 0.1) is 0 Å². The molecule has 2 heterocycles. The molecule has 0 aliphatic carbocycles. The van der Waals surface area contributed by atoms with Gasteiger partial charge >= 0.3 is 0 Å². The van der Waals surface area contributed by atoms with Crippen molar-refractivity contribution in [2.24, 2.45) is 0 Å². The maximum absolute atomic E-state index is 11.1. The van der Waals surface area contributed by atoms with Gasteiger partial charge in [-0.1, -0.05) is 12.1 Å². The molecule has 0 fully saturated rings. The van der Waals surface area contributed by atoms with E-state index in [4.69, 9.17) is 10.2 Å². The highest BCUT2D eigenvalue weighted by atomic mass is 16.3. The summed E-state index contributed by atoms with van der Waals surface area (Å²) in [6, 6.07) is 9.41. The molecule has 0 saturated heterocycles. The van der Waals surface area contributed by atoms with Gasteiger partial charge in [-0.05, 0) is 18.2 Å². The predicted molar refractivity (Wildman–Crippen MR) is 89.3 cm³/mol. The number of hydrogen-bond acceptors (Lipinski definition) is 6. The smallest absolute Gasteiger partial charge is 0.164 e. The summed E-state index contributed by atoms with van der Waals surface area (Å²) in [6.45, 7) is 0. The number of nitrogen functional groups attached to an aromatic ring is 1. The van der Waals surface area contributed by atoms with E-state index in [1.807, 2.05) is 43.3 Å². The summed E-state index contributed by atoms with van der Waals surface area (Å²) in [5.74, 6) is 0.710. The molecule has 3 rings (SSSR count). The van der Waals surface area contributed by atoms with E-state index in [9.17, 15) is 4.79 Å². The number of nitrogens with two attached hydrogens (primary N) is 1. The molecule has 3 aromatic rings. The number of aldehydes is 1. The molecule has 2 aromatic heterocycles. The van der Waals surface area contributed by atoms with E-state index in [0.717, 1.165) is 17.5 Å². The number of carbonyl (C=O) groups excluding carboxylic acids is 1. The second-order valence-corrected chi connectivity index (χ2v) is 5.26. The molecule has 0 unspecified atom stereocenters. The van der Waals surface area contributed by atoms with Gasteiger partial charge in [0.1, 0.15) is 17.2 Å². The molecular weight excluding hydrogens is 292 g/mol. The van der Waals surface area contributed by atoms with Crippen LogP contribution in [0.15, 0.2) is 47.2 Å². The van der Waals surface area contributed by atoms with Gasteiger partial charge < -0.3 is 15.1 Å². The minimum absolute atomic E-state index is 0.323. The van der Waals surface area contributed by atoms with Gasteiger partial charge in [0, 0.05) is 25.3 Å². The highest BCUT2D eigenvalue weighted by Gasteiger charge is 2.14. The zero-order chi connectivity index (χ0) is 16.4. The molecule has 2 N–H and O–H groups in total. The van der Waals surface area contributed by atoms with E-state index >= 15 is 0 Å². The maximum Gasteiger partial charge on any atom is 0.164 e. The molecule has 116 valence electrons. The van der Waals surface area contributed by atoms with Crippen molar-refractivity contribution < 1.29 is 9.21 Å². The number of hydrogen-bond donors (Lipinski definition) is 1. The lowest BCUT2D eigenvalue weighted by Crippen LogP contribution is -2.08. The minimum Gasteiger partial charge on any atom is -0.462 e. The summed E-state index contributed by atoms with van der Waals surface area (Å²) >= 11 is 0. The van der Waals surface area contributed by atoms with Gasteiger partial charge in [-0.25, -0.2) is 9.97 Å². The standard InChI is InChI=1S/C17H16N4O2/c1-21(2)13-5-3-4-11(8-13)15-17(18)19-9-14(20-15)16-12(10-22)6-7-23-16/h3-10H,1-2H3,(H2,18,19). The Balaban J connectivity index is 2.12. The first-order valence-corrected chi connectivity index (χ1v) is 7.03. The quantitative estimate of drug-likeness (QED) is 0.746. The summed E-state index contributed by atoms with van der Waals surface area (Å²) in [5.41, 5.74) is 9.31. The average molecular weight is 308 g/mol. The Bertz CT molecular complexity index is 855. The van der Waals surface area contributed by atoms with E-state index in [-0.39, 0.29) is 0 Å². The normalized spacial score (nSPS) is 10.5. The van der Waals surface area contributed by atoms with Crippen molar-refractivity contribution in [3.63, 3.8) is 0 Å². The molecule has 0 aliphatic heterocycles. The van der Waals surface area contributed by atoms with Crippen LogP contribution < -0.4 is 10.6 Å². The molecule has 6 heteroatoms. The zero-order valence-corrected chi connectivity index (χ0v) is 12.9. The molecule has 1 aromatic carbocycles. The Morgan fingerprint density at radius 3 is 2.83 bits per heavy atom. The molecule has 0 radical (unpaired) electrons. The third-order valence-corrected chi connectivity index (χ3v) is 3.49. The first kappa shape index (κ1) is 14.8. The van der Waals surface area contributed by atoms with Crippen molar-refractivity contribution in [1.29, 1.82) is 0 Å². The van der Waals surface area contributed by atoms with Crippen molar-refractivity contribution in [1.82, 2.24) is 9.97 Å². The number of carbonyl (C=O) groups is 1. The highest BCUT2D eigenvalue weighted by molar-refractivity contribution is 5.84. The van der Waals surface area contributed by atoms with Crippen LogP contribution in [0.25, 0.3) is 22.7 Å². The van der Waals surface area contributed by atoms with Crippen LogP contribution in [0.1, 0.15) is 10.4 Å². The number of furan rings is 1. The molecule has 0 amide bonds. The fourth-order valence-corrected chi connectivity index (χ4v) is 2.27. The predicted octanol–water partition coefficient (Wildman–Crippen LogP) is 2.86. The minimum atomic E-state index is 0.323. The molecule has 0 atom stereocenters. The second kappa shape index (κ2) is 5.92. The third-order valence-electron chi connectivity index (χ3n) is 3.49. The van der Waals surface area contributed by atoms with Crippen LogP contribution >= 0.6 is 0 Å². The molecule has 0 bridgehead atoms. The molecule has 0 saturated carbocycles. The number of aromatic nitrogens is 2. The fraction of sp³-hybridized carbons (Fsp3) is 0.118. The largest absolute Gasteiger partial charge is 0.462 e. The Morgan fingerprint density at radius 1 is 1.26 bits per heavy atom. The van der Waals surface area contributed by atoms with E-state index in [1.165, 1.54) is 12.5 Å². The summed E-state index contributed by atoms with van der Waals surface area (Å²) in [7, 11) is 3.92. The van der Waals surface area contributed by atoms with Gasteiger partial charge in [0.05, 0.1) is 18.0 Å². The van der Waals surface area contributed by atoms with Crippen LogP contribution in [0.3, 0.4) is 0 Å². The van der Waals surface area contributed by atoms with E-state index in [1.54, 1.807) is 6.07 Å². The Hall–Kier alpha value is -3.15. The second-order valence-electron chi connectivity index (χ2n) is 5.26. The average Bonchev–Trinajstić information content (AvgIpc) is 3.04. The summed E-state index contributed by atoms with van der Waals surface area (Å²) in [5, 5.41) is 0. The molecule has 0 spiro atoms. The number of rotatable bonds is 4. The SMILES string of the molecule is CN(C)c1cccc(-c2nc(-c3occc3C=O)cnc2N)c1. The van der Waals surface area contributed by atoms with E-state index < -0.39 is 0 Å². The third kappa shape index (κ3) is 2.78. The lowest BCUT2D eigenvalue weighted by Gasteiger charge is -2.14. The zero-order valence-electron chi connectivity index (χ0n) is 12.9. The van der Waals surface area contributed by atoms with Crippen LogP contribution in [-0.2, 0) is 0 Å². The van der Waals surface area contributed by atoms with Gasteiger partial charge in [0.25, 0.3) is 0 Å². The summed E-state index contributed by atoms with van der Waals surface area (Å²) in [6.07, 6.45) is 3.67. The van der Waals surface area contributed by atoms with Crippen molar-refractivity contribution in [2.45, 2.75) is 0 Å². The summed E-state index contributed by atoms with van der Waals surface area (Å²) in [4.78, 5) is 21.8. The van der Waals surface area contributed by atoms with Crippen LogP contribution in [-0.4, -0.2) is 30.3 Å². The number of nitrogens with zero attached hydrogens (tertiary/aromatic N) is 3. The Morgan fingerprint density at radius 2 is 2.09 bits per heavy atom. The van der Waals surface area contributed by atoms with E-state index in [0.29, 0.717) is 28.5 Å². The van der Waals surface area contributed by atoms with Gasteiger partial charge in [-0.2, -0.15) is 0 Å².